The van der Waals surface area contributed by atoms with Gasteiger partial charge >= 0.3 is 5.97 Å². The highest BCUT2D eigenvalue weighted by Gasteiger charge is 2.22. The van der Waals surface area contributed by atoms with E-state index < -0.39 is 30.1 Å². The molecule has 5 heteroatoms. The molecule has 0 spiro atoms. The van der Waals surface area contributed by atoms with Gasteiger partial charge in [-0.05, 0) is 6.07 Å². The van der Waals surface area contributed by atoms with Crippen LogP contribution in [0.2, 0.25) is 0 Å². The number of carbonyl (C=O) groups is 1. The van der Waals surface area contributed by atoms with E-state index >= 15 is 0 Å². The van der Waals surface area contributed by atoms with Gasteiger partial charge in [-0.3, -0.25) is 4.79 Å². The van der Waals surface area contributed by atoms with E-state index in [4.69, 9.17) is 10.2 Å². The summed E-state index contributed by atoms with van der Waals surface area (Å²) in [4.78, 5) is 10.5. The minimum absolute atomic E-state index is 0.221. The van der Waals surface area contributed by atoms with E-state index in [9.17, 15) is 13.6 Å². The van der Waals surface area contributed by atoms with Crippen LogP contribution in [0.25, 0.3) is 0 Å². The lowest BCUT2D eigenvalue weighted by Gasteiger charge is -2.09. The van der Waals surface area contributed by atoms with Crippen molar-refractivity contribution in [3.63, 3.8) is 0 Å². The SMILES string of the molecule is O=C(O)C(CO)c1ccc(F)cc1F. The molecule has 0 aliphatic carbocycles. The Hall–Kier alpha value is -1.49. The lowest BCUT2D eigenvalue weighted by atomic mass is 10.00. The summed E-state index contributed by atoms with van der Waals surface area (Å²) in [7, 11) is 0. The number of carboxylic acid groups (broad SMARTS) is 1. The summed E-state index contributed by atoms with van der Waals surface area (Å²) < 4.78 is 25.5. The number of rotatable bonds is 3. The summed E-state index contributed by atoms with van der Waals surface area (Å²) in [5.74, 6) is -4.45. The van der Waals surface area contributed by atoms with Crippen LogP contribution < -0.4 is 0 Å². The van der Waals surface area contributed by atoms with Gasteiger partial charge in [0.2, 0.25) is 0 Å². The van der Waals surface area contributed by atoms with Crippen LogP contribution in [0.4, 0.5) is 8.78 Å². The van der Waals surface area contributed by atoms with Crippen molar-refractivity contribution < 1.29 is 23.8 Å². The van der Waals surface area contributed by atoms with Crippen molar-refractivity contribution in [1.82, 2.24) is 0 Å². The molecule has 3 nitrogen and oxygen atoms in total. The van der Waals surface area contributed by atoms with Gasteiger partial charge in [-0.25, -0.2) is 8.78 Å². The van der Waals surface area contributed by atoms with Crippen molar-refractivity contribution in [3.05, 3.63) is 35.4 Å². The van der Waals surface area contributed by atoms with Gasteiger partial charge in [0, 0.05) is 11.6 Å². The molecule has 76 valence electrons. The van der Waals surface area contributed by atoms with Crippen molar-refractivity contribution in [1.29, 1.82) is 0 Å². The molecule has 0 amide bonds. The summed E-state index contributed by atoms with van der Waals surface area (Å²) in [6, 6.07) is 2.55. The molecule has 1 aromatic rings. The van der Waals surface area contributed by atoms with Gasteiger partial charge in [-0.2, -0.15) is 0 Å². The van der Waals surface area contributed by atoms with Crippen molar-refractivity contribution in [3.8, 4) is 0 Å². The maximum absolute atomic E-state index is 13.0. The van der Waals surface area contributed by atoms with Gasteiger partial charge in [0.25, 0.3) is 0 Å². The number of aliphatic hydroxyl groups excluding tert-OH is 1. The second-order valence-electron chi connectivity index (χ2n) is 2.74. The third-order valence-corrected chi connectivity index (χ3v) is 1.82. The zero-order chi connectivity index (χ0) is 10.7. The third-order valence-electron chi connectivity index (χ3n) is 1.82. The lowest BCUT2D eigenvalue weighted by Crippen LogP contribution is -2.17. The minimum Gasteiger partial charge on any atom is -0.481 e. The van der Waals surface area contributed by atoms with E-state index in [2.05, 4.69) is 0 Å². The van der Waals surface area contributed by atoms with Crippen LogP contribution in [0.15, 0.2) is 18.2 Å². The van der Waals surface area contributed by atoms with Gasteiger partial charge in [0.1, 0.15) is 17.6 Å². The maximum Gasteiger partial charge on any atom is 0.313 e. The second-order valence-corrected chi connectivity index (χ2v) is 2.74. The van der Waals surface area contributed by atoms with Crippen LogP contribution in [-0.2, 0) is 4.79 Å². The first-order valence-corrected chi connectivity index (χ1v) is 3.85. The van der Waals surface area contributed by atoms with E-state index in [1.807, 2.05) is 0 Å². The molecule has 2 N–H and O–H groups in total. The van der Waals surface area contributed by atoms with E-state index in [1.54, 1.807) is 0 Å². The number of halogens is 2. The molecule has 1 unspecified atom stereocenters. The predicted octanol–water partition coefficient (Wildman–Crippen LogP) is 1.13. The molecule has 0 aliphatic heterocycles. The van der Waals surface area contributed by atoms with E-state index in [-0.39, 0.29) is 5.56 Å². The number of hydrogen-bond donors (Lipinski definition) is 2. The number of hydrogen-bond acceptors (Lipinski definition) is 2. The molecule has 0 saturated heterocycles. The van der Waals surface area contributed by atoms with Crippen molar-refractivity contribution in [2.24, 2.45) is 0 Å². The first kappa shape index (κ1) is 10.6. The molecule has 1 atom stereocenters. The first-order valence-electron chi connectivity index (χ1n) is 3.85. The summed E-state index contributed by atoms with van der Waals surface area (Å²) >= 11 is 0. The molecule has 0 radical (unpaired) electrons. The number of aliphatic carboxylic acids is 1. The Balaban J connectivity index is 3.10. The summed E-state index contributed by atoms with van der Waals surface area (Å²) in [6.07, 6.45) is 0. The molecule has 0 aromatic heterocycles. The standard InChI is InChI=1S/C9H8F2O3/c10-5-1-2-6(8(11)3-5)7(4-12)9(13)14/h1-3,7,12H,4H2,(H,13,14). The van der Waals surface area contributed by atoms with E-state index in [0.717, 1.165) is 12.1 Å². The largest absolute Gasteiger partial charge is 0.481 e. The normalized spacial score (nSPS) is 12.5. The Labute approximate surface area is 78.6 Å². The molecule has 14 heavy (non-hydrogen) atoms. The molecule has 0 saturated carbocycles. The van der Waals surface area contributed by atoms with E-state index in [1.165, 1.54) is 0 Å². The van der Waals surface area contributed by atoms with Crippen molar-refractivity contribution >= 4 is 5.97 Å². The molecular formula is C9H8F2O3. The number of benzene rings is 1. The summed E-state index contributed by atoms with van der Waals surface area (Å²) in [5, 5.41) is 17.3. The Morgan fingerprint density at radius 3 is 2.50 bits per heavy atom. The minimum atomic E-state index is -1.35. The zero-order valence-corrected chi connectivity index (χ0v) is 7.08. The van der Waals surface area contributed by atoms with Gasteiger partial charge in [0.15, 0.2) is 0 Å². The van der Waals surface area contributed by atoms with Gasteiger partial charge in [-0.1, -0.05) is 6.07 Å². The van der Waals surface area contributed by atoms with Crippen molar-refractivity contribution in [2.75, 3.05) is 6.61 Å². The van der Waals surface area contributed by atoms with Crippen LogP contribution in [0, 0.1) is 11.6 Å². The fourth-order valence-corrected chi connectivity index (χ4v) is 1.09. The topological polar surface area (TPSA) is 57.5 Å². The lowest BCUT2D eigenvalue weighted by molar-refractivity contribution is -0.139. The van der Waals surface area contributed by atoms with Gasteiger partial charge < -0.3 is 10.2 Å². The highest BCUT2D eigenvalue weighted by Crippen LogP contribution is 2.19. The Kier molecular flexibility index (Phi) is 3.14. The number of carboxylic acids is 1. The zero-order valence-electron chi connectivity index (χ0n) is 7.08. The Bertz CT molecular complexity index is 352. The highest BCUT2D eigenvalue weighted by atomic mass is 19.1. The van der Waals surface area contributed by atoms with Crippen LogP contribution >= 0.6 is 0 Å². The predicted molar refractivity (Wildman–Crippen MR) is 43.8 cm³/mol. The molecular weight excluding hydrogens is 194 g/mol. The average Bonchev–Trinajstić information content (AvgIpc) is 2.09. The smallest absolute Gasteiger partial charge is 0.313 e. The maximum atomic E-state index is 13.0. The van der Waals surface area contributed by atoms with Crippen LogP contribution in [-0.4, -0.2) is 22.8 Å². The average molecular weight is 202 g/mol. The van der Waals surface area contributed by atoms with Crippen LogP contribution in [0.3, 0.4) is 0 Å². The van der Waals surface area contributed by atoms with E-state index in [0.29, 0.717) is 6.07 Å². The highest BCUT2D eigenvalue weighted by molar-refractivity contribution is 5.76. The molecule has 0 heterocycles. The third kappa shape index (κ3) is 2.05. The van der Waals surface area contributed by atoms with Gasteiger partial charge in [0.05, 0.1) is 6.61 Å². The molecule has 0 fully saturated rings. The summed E-state index contributed by atoms with van der Waals surface area (Å²) in [5.41, 5.74) is -0.221. The second kappa shape index (κ2) is 4.15. The fraction of sp³-hybridized carbons (Fsp3) is 0.222. The van der Waals surface area contributed by atoms with Crippen LogP contribution in [0.5, 0.6) is 0 Å². The quantitative estimate of drug-likeness (QED) is 0.772. The van der Waals surface area contributed by atoms with Crippen molar-refractivity contribution in [2.45, 2.75) is 5.92 Å². The molecule has 0 bridgehead atoms. The summed E-state index contributed by atoms with van der Waals surface area (Å²) in [6.45, 7) is -0.724. The van der Waals surface area contributed by atoms with Gasteiger partial charge in [-0.15, -0.1) is 0 Å². The fourth-order valence-electron chi connectivity index (χ4n) is 1.09. The Morgan fingerprint density at radius 1 is 1.43 bits per heavy atom. The number of aliphatic hydroxyl groups is 1. The molecule has 1 rings (SSSR count). The molecule has 1 aromatic carbocycles. The molecule has 0 aliphatic rings. The first-order chi connectivity index (χ1) is 6.56. The monoisotopic (exact) mass is 202 g/mol. The van der Waals surface area contributed by atoms with Crippen LogP contribution in [0.1, 0.15) is 11.5 Å². The Morgan fingerprint density at radius 2 is 2.07 bits per heavy atom.